The summed E-state index contributed by atoms with van der Waals surface area (Å²) in [7, 11) is -3.11. The van der Waals surface area contributed by atoms with Crippen LogP contribution in [0.25, 0.3) is 0 Å². The molecule has 21 heavy (non-hydrogen) atoms. The number of nitrogens with zero attached hydrogens (tertiary/aromatic N) is 1. The molecule has 0 aromatic heterocycles. The van der Waals surface area contributed by atoms with Crippen molar-refractivity contribution in [2.24, 2.45) is 0 Å². The molecule has 0 aliphatic carbocycles. The monoisotopic (exact) mass is 309 g/mol. The van der Waals surface area contributed by atoms with Crippen molar-refractivity contribution in [3.05, 3.63) is 29.3 Å². The molecule has 0 atom stereocenters. The van der Waals surface area contributed by atoms with Crippen LogP contribution in [0, 0.1) is 0 Å². The van der Waals surface area contributed by atoms with Gasteiger partial charge < -0.3 is 4.90 Å². The number of hydrogen-bond acceptors (Lipinski definition) is 4. The summed E-state index contributed by atoms with van der Waals surface area (Å²) >= 11 is 0. The standard InChI is InChI=1S/C16H23NO3S/c1-12(18)13-5-6-15-14(11-13)7-8-17(15)9-10-21(19,20)16(2,3)4/h5-6,11H,7-10H2,1-4H3. The van der Waals surface area contributed by atoms with Crippen molar-refractivity contribution in [2.75, 3.05) is 23.7 Å². The molecule has 5 heteroatoms. The van der Waals surface area contributed by atoms with Crippen LogP contribution in [0.5, 0.6) is 0 Å². The fourth-order valence-electron chi connectivity index (χ4n) is 2.46. The highest BCUT2D eigenvalue weighted by Crippen LogP contribution is 2.29. The zero-order valence-corrected chi connectivity index (χ0v) is 14.0. The molecule has 0 bridgehead atoms. The highest BCUT2D eigenvalue weighted by molar-refractivity contribution is 7.92. The minimum Gasteiger partial charge on any atom is -0.370 e. The molecule has 0 radical (unpaired) electrons. The summed E-state index contributed by atoms with van der Waals surface area (Å²) < 4.78 is 23.7. The van der Waals surface area contributed by atoms with Gasteiger partial charge in [0.15, 0.2) is 15.6 Å². The number of hydrogen-bond donors (Lipinski definition) is 0. The molecule has 1 aliphatic heterocycles. The van der Waals surface area contributed by atoms with E-state index in [9.17, 15) is 13.2 Å². The van der Waals surface area contributed by atoms with E-state index in [-0.39, 0.29) is 11.5 Å². The molecule has 4 nitrogen and oxygen atoms in total. The van der Waals surface area contributed by atoms with Crippen molar-refractivity contribution in [3.63, 3.8) is 0 Å². The first-order valence-electron chi connectivity index (χ1n) is 7.23. The van der Waals surface area contributed by atoms with Gasteiger partial charge in [-0.3, -0.25) is 4.79 Å². The first kappa shape index (κ1) is 16.0. The average Bonchev–Trinajstić information content (AvgIpc) is 2.77. The number of rotatable bonds is 4. The Morgan fingerprint density at radius 1 is 1.29 bits per heavy atom. The zero-order chi connectivity index (χ0) is 15.8. The molecule has 0 spiro atoms. The van der Waals surface area contributed by atoms with Gasteiger partial charge in [0.05, 0.1) is 10.5 Å². The van der Waals surface area contributed by atoms with Gasteiger partial charge in [-0.15, -0.1) is 0 Å². The van der Waals surface area contributed by atoms with Gasteiger partial charge in [-0.2, -0.15) is 0 Å². The molecule has 0 saturated carbocycles. The van der Waals surface area contributed by atoms with Crippen LogP contribution in [0.15, 0.2) is 18.2 Å². The first-order chi connectivity index (χ1) is 9.62. The fraction of sp³-hybridized carbons (Fsp3) is 0.562. The summed E-state index contributed by atoms with van der Waals surface area (Å²) in [6.45, 7) is 8.09. The molecular formula is C16H23NO3S. The molecule has 1 heterocycles. The quantitative estimate of drug-likeness (QED) is 0.802. The van der Waals surface area contributed by atoms with Gasteiger partial charge in [-0.05, 0) is 57.9 Å². The second-order valence-corrected chi connectivity index (χ2v) is 9.43. The lowest BCUT2D eigenvalue weighted by Crippen LogP contribution is -2.36. The van der Waals surface area contributed by atoms with Crippen LogP contribution in [0.2, 0.25) is 0 Å². The molecule has 1 aliphatic rings. The molecule has 1 aromatic rings. The Bertz CT molecular complexity index is 657. The van der Waals surface area contributed by atoms with Gasteiger partial charge in [-0.1, -0.05) is 0 Å². The number of carbonyl (C=O) groups is 1. The SMILES string of the molecule is CC(=O)c1ccc2c(c1)CCN2CCS(=O)(=O)C(C)(C)C. The van der Waals surface area contributed by atoms with Crippen LogP contribution in [0.1, 0.15) is 43.6 Å². The number of anilines is 1. The molecule has 0 N–H and O–H groups in total. The van der Waals surface area contributed by atoms with E-state index < -0.39 is 14.6 Å². The average molecular weight is 309 g/mol. The molecule has 116 valence electrons. The second-order valence-electron chi connectivity index (χ2n) is 6.57. The Morgan fingerprint density at radius 3 is 2.52 bits per heavy atom. The number of ketones is 1. The number of fused-ring (bicyclic) bond motifs is 1. The van der Waals surface area contributed by atoms with Crippen molar-refractivity contribution in [3.8, 4) is 0 Å². The third kappa shape index (κ3) is 3.28. The van der Waals surface area contributed by atoms with Crippen LogP contribution >= 0.6 is 0 Å². The van der Waals surface area contributed by atoms with Crippen molar-refractivity contribution < 1.29 is 13.2 Å². The van der Waals surface area contributed by atoms with Gasteiger partial charge >= 0.3 is 0 Å². The lowest BCUT2D eigenvalue weighted by molar-refractivity contribution is 0.101. The van der Waals surface area contributed by atoms with Crippen LogP contribution in [-0.4, -0.2) is 37.8 Å². The maximum atomic E-state index is 12.2. The highest BCUT2D eigenvalue weighted by Gasteiger charge is 2.30. The van der Waals surface area contributed by atoms with Crippen LogP contribution in [0.3, 0.4) is 0 Å². The van der Waals surface area contributed by atoms with Crippen LogP contribution in [0.4, 0.5) is 5.69 Å². The molecule has 0 amide bonds. The van der Waals surface area contributed by atoms with Crippen LogP contribution < -0.4 is 4.90 Å². The molecule has 1 aromatic carbocycles. The third-order valence-electron chi connectivity index (χ3n) is 4.04. The van der Waals surface area contributed by atoms with E-state index in [0.29, 0.717) is 6.54 Å². The lowest BCUT2D eigenvalue weighted by atomic mass is 10.1. The summed E-state index contributed by atoms with van der Waals surface area (Å²) in [6.07, 6.45) is 0.867. The van der Waals surface area contributed by atoms with Crippen molar-refractivity contribution in [1.29, 1.82) is 0 Å². The van der Waals surface area contributed by atoms with Crippen molar-refractivity contribution in [2.45, 2.75) is 38.9 Å². The number of sulfone groups is 1. The fourth-order valence-corrected chi connectivity index (χ4v) is 3.53. The molecule has 0 unspecified atom stereocenters. The Labute approximate surface area is 127 Å². The van der Waals surface area contributed by atoms with Gasteiger partial charge in [0.2, 0.25) is 0 Å². The molecule has 2 rings (SSSR count). The summed E-state index contributed by atoms with van der Waals surface area (Å²) in [5.41, 5.74) is 2.91. The lowest BCUT2D eigenvalue weighted by Gasteiger charge is -2.23. The van der Waals surface area contributed by atoms with E-state index in [0.717, 1.165) is 29.8 Å². The number of Topliss-reactive ketones (excluding diaryl/α,β-unsaturated/α-hetero) is 1. The predicted molar refractivity (Wildman–Crippen MR) is 85.9 cm³/mol. The minimum absolute atomic E-state index is 0.0616. The topological polar surface area (TPSA) is 54.5 Å². The van der Waals surface area contributed by atoms with E-state index in [2.05, 4.69) is 4.90 Å². The Hall–Kier alpha value is -1.36. The normalized spacial score (nSPS) is 15.1. The van der Waals surface area contributed by atoms with Gasteiger partial charge in [0.25, 0.3) is 0 Å². The second kappa shape index (κ2) is 5.44. The molecular weight excluding hydrogens is 286 g/mol. The third-order valence-corrected chi connectivity index (χ3v) is 6.63. The van der Waals surface area contributed by atoms with Gasteiger partial charge in [0.1, 0.15) is 0 Å². The zero-order valence-electron chi connectivity index (χ0n) is 13.1. The van der Waals surface area contributed by atoms with E-state index in [1.807, 2.05) is 18.2 Å². The first-order valence-corrected chi connectivity index (χ1v) is 8.88. The van der Waals surface area contributed by atoms with Crippen molar-refractivity contribution in [1.82, 2.24) is 0 Å². The van der Waals surface area contributed by atoms with E-state index >= 15 is 0 Å². The van der Waals surface area contributed by atoms with E-state index in [1.165, 1.54) is 0 Å². The Balaban J connectivity index is 2.12. The van der Waals surface area contributed by atoms with Crippen LogP contribution in [-0.2, 0) is 16.3 Å². The van der Waals surface area contributed by atoms with Gasteiger partial charge in [0, 0.05) is 24.3 Å². The maximum absolute atomic E-state index is 12.2. The minimum atomic E-state index is -3.11. The Morgan fingerprint density at radius 2 is 1.95 bits per heavy atom. The summed E-state index contributed by atoms with van der Waals surface area (Å²) in [4.78, 5) is 13.5. The number of carbonyl (C=O) groups excluding carboxylic acids is 1. The van der Waals surface area contributed by atoms with E-state index in [4.69, 9.17) is 0 Å². The molecule has 0 saturated heterocycles. The Kier molecular flexibility index (Phi) is 4.15. The molecule has 0 fully saturated rings. The highest BCUT2D eigenvalue weighted by atomic mass is 32.2. The predicted octanol–water partition coefficient (Wildman–Crippen LogP) is 2.46. The van der Waals surface area contributed by atoms with Gasteiger partial charge in [-0.25, -0.2) is 8.42 Å². The summed E-state index contributed by atoms with van der Waals surface area (Å²) in [5.74, 6) is 0.219. The van der Waals surface area contributed by atoms with Crippen molar-refractivity contribution >= 4 is 21.3 Å². The van der Waals surface area contributed by atoms with E-state index in [1.54, 1.807) is 27.7 Å². The largest absolute Gasteiger partial charge is 0.370 e. The summed E-state index contributed by atoms with van der Waals surface area (Å²) in [5, 5.41) is 0. The smallest absolute Gasteiger partial charge is 0.159 e. The number of benzene rings is 1. The maximum Gasteiger partial charge on any atom is 0.159 e. The summed E-state index contributed by atoms with van der Waals surface area (Å²) in [6, 6.07) is 5.68.